The maximum atomic E-state index is 12.7. The molecule has 1 saturated carbocycles. The monoisotopic (exact) mass is 329 g/mol. The molecule has 2 aliphatic rings. The summed E-state index contributed by atoms with van der Waals surface area (Å²) in [6.45, 7) is 8.10. The van der Waals surface area contributed by atoms with Crippen LogP contribution in [0.4, 0.5) is 0 Å². The Morgan fingerprint density at radius 3 is 2.92 bits per heavy atom. The number of aliphatic carboxylic acids is 1. The lowest BCUT2D eigenvalue weighted by molar-refractivity contribution is -0.137. The van der Waals surface area contributed by atoms with Crippen molar-refractivity contribution in [3.8, 4) is 5.75 Å². The standard InChI is InChI=1S/C19H23NO4/c1-11(2)13-4-5-14-9-15-17(24-16(14)10-13)8-12(3)20(19(15)23)7-6-18(21)22/h8-9,13,16H,1,4-7,10H2,2-3H3,(H,21,22)/t13-,16-/m0/s1. The average Bonchev–Trinajstić information content (AvgIpc) is 2.52. The fourth-order valence-electron chi connectivity index (χ4n) is 3.58. The fourth-order valence-corrected chi connectivity index (χ4v) is 3.58. The molecule has 0 bridgehead atoms. The Balaban J connectivity index is 1.94. The second-order valence-corrected chi connectivity index (χ2v) is 6.81. The predicted octanol–water partition coefficient (Wildman–Crippen LogP) is 3.15. The van der Waals surface area contributed by atoms with Crippen LogP contribution < -0.4 is 10.3 Å². The molecule has 1 fully saturated rings. The third-order valence-electron chi connectivity index (χ3n) is 5.05. The number of carboxylic acids is 1. The highest BCUT2D eigenvalue weighted by Gasteiger charge is 2.32. The Kier molecular flexibility index (Phi) is 4.35. The van der Waals surface area contributed by atoms with Crippen molar-refractivity contribution >= 4 is 12.0 Å². The molecule has 0 radical (unpaired) electrons. The zero-order valence-corrected chi connectivity index (χ0v) is 14.2. The van der Waals surface area contributed by atoms with Gasteiger partial charge in [-0.1, -0.05) is 12.2 Å². The number of aromatic nitrogens is 1. The van der Waals surface area contributed by atoms with Crippen LogP contribution in [0.15, 0.2) is 28.6 Å². The molecule has 2 atom stereocenters. The zero-order valence-electron chi connectivity index (χ0n) is 14.2. The van der Waals surface area contributed by atoms with Crippen LogP contribution in [0.25, 0.3) is 6.08 Å². The van der Waals surface area contributed by atoms with Crippen LogP contribution in [0.5, 0.6) is 5.75 Å². The van der Waals surface area contributed by atoms with Crippen molar-refractivity contribution in [2.24, 2.45) is 5.92 Å². The van der Waals surface area contributed by atoms with E-state index in [1.54, 1.807) is 0 Å². The molecular weight excluding hydrogens is 306 g/mol. The quantitative estimate of drug-likeness (QED) is 0.862. The second-order valence-electron chi connectivity index (χ2n) is 6.81. The summed E-state index contributed by atoms with van der Waals surface area (Å²) in [5.74, 6) is 0.165. The molecule has 2 heterocycles. The number of aryl methyl sites for hydroxylation is 1. The molecular formula is C19H23NO4. The summed E-state index contributed by atoms with van der Waals surface area (Å²) < 4.78 is 7.64. The SMILES string of the molecule is C=C(C)[C@H]1CCC2=Cc3c(cc(C)n(CCC(=O)O)c3=O)O[C@H]2C1. The highest BCUT2D eigenvalue weighted by Crippen LogP contribution is 2.39. The van der Waals surface area contributed by atoms with Gasteiger partial charge in [0, 0.05) is 18.3 Å². The van der Waals surface area contributed by atoms with Gasteiger partial charge in [-0.2, -0.15) is 0 Å². The molecule has 1 aliphatic carbocycles. The van der Waals surface area contributed by atoms with Crippen molar-refractivity contribution in [1.82, 2.24) is 4.57 Å². The second kappa shape index (κ2) is 6.30. The lowest BCUT2D eigenvalue weighted by atomic mass is 9.79. The van der Waals surface area contributed by atoms with E-state index in [0.717, 1.165) is 30.5 Å². The van der Waals surface area contributed by atoms with Crippen molar-refractivity contribution in [3.05, 3.63) is 45.4 Å². The van der Waals surface area contributed by atoms with Gasteiger partial charge in [0.2, 0.25) is 0 Å². The average molecular weight is 329 g/mol. The molecule has 0 spiro atoms. The minimum atomic E-state index is -0.910. The van der Waals surface area contributed by atoms with E-state index in [1.165, 1.54) is 10.1 Å². The van der Waals surface area contributed by atoms with E-state index in [-0.39, 0.29) is 24.6 Å². The molecule has 128 valence electrons. The van der Waals surface area contributed by atoms with Crippen LogP contribution in [0.3, 0.4) is 0 Å². The van der Waals surface area contributed by atoms with Crippen LogP contribution >= 0.6 is 0 Å². The molecule has 0 unspecified atom stereocenters. The highest BCUT2D eigenvalue weighted by atomic mass is 16.5. The number of ether oxygens (including phenoxy) is 1. The minimum Gasteiger partial charge on any atom is -0.485 e. The van der Waals surface area contributed by atoms with Gasteiger partial charge in [0.1, 0.15) is 11.9 Å². The Morgan fingerprint density at radius 1 is 1.50 bits per heavy atom. The summed E-state index contributed by atoms with van der Waals surface area (Å²) in [6, 6.07) is 1.84. The number of carboxylic acid groups (broad SMARTS) is 1. The Hall–Kier alpha value is -2.30. The van der Waals surface area contributed by atoms with E-state index in [2.05, 4.69) is 13.5 Å². The summed E-state index contributed by atoms with van der Waals surface area (Å²) >= 11 is 0. The molecule has 1 aromatic heterocycles. The zero-order chi connectivity index (χ0) is 17.4. The molecule has 3 rings (SSSR count). The van der Waals surface area contributed by atoms with E-state index in [1.807, 2.05) is 19.1 Å². The Labute approximate surface area is 141 Å². The number of carbonyl (C=O) groups is 1. The summed E-state index contributed by atoms with van der Waals surface area (Å²) in [7, 11) is 0. The van der Waals surface area contributed by atoms with E-state index in [4.69, 9.17) is 9.84 Å². The van der Waals surface area contributed by atoms with E-state index >= 15 is 0 Å². The fraction of sp³-hybridized carbons (Fsp3) is 0.474. The Bertz CT molecular complexity index is 787. The molecule has 0 aromatic carbocycles. The van der Waals surface area contributed by atoms with Gasteiger partial charge in [-0.05, 0) is 50.7 Å². The van der Waals surface area contributed by atoms with Crippen molar-refractivity contribution in [3.63, 3.8) is 0 Å². The molecule has 24 heavy (non-hydrogen) atoms. The number of nitrogens with zero attached hydrogens (tertiary/aromatic N) is 1. The van der Waals surface area contributed by atoms with Gasteiger partial charge in [0.25, 0.3) is 5.56 Å². The van der Waals surface area contributed by atoms with Crippen LogP contribution in [0.2, 0.25) is 0 Å². The smallest absolute Gasteiger partial charge is 0.305 e. The van der Waals surface area contributed by atoms with E-state index < -0.39 is 5.97 Å². The number of hydrogen-bond acceptors (Lipinski definition) is 3. The Morgan fingerprint density at radius 2 is 2.25 bits per heavy atom. The summed E-state index contributed by atoms with van der Waals surface area (Å²) in [4.78, 5) is 23.5. The van der Waals surface area contributed by atoms with Gasteiger partial charge in [-0.25, -0.2) is 0 Å². The summed E-state index contributed by atoms with van der Waals surface area (Å²) in [6.07, 6.45) is 4.75. The number of pyridine rings is 1. The van der Waals surface area contributed by atoms with Crippen LogP contribution in [-0.2, 0) is 11.3 Å². The van der Waals surface area contributed by atoms with Crippen molar-refractivity contribution in [1.29, 1.82) is 0 Å². The first-order chi connectivity index (χ1) is 11.4. The van der Waals surface area contributed by atoms with Crippen LogP contribution in [-0.4, -0.2) is 21.7 Å². The molecule has 0 amide bonds. The predicted molar refractivity (Wildman–Crippen MR) is 92.2 cm³/mol. The molecule has 5 nitrogen and oxygen atoms in total. The molecule has 5 heteroatoms. The lowest BCUT2D eigenvalue weighted by Crippen LogP contribution is -2.34. The third kappa shape index (κ3) is 3.03. The van der Waals surface area contributed by atoms with Crippen molar-refractivity contribution < 1.29 is 14.6 Å². The van der Waals surface area contributed by atoms with Gasteiger partial charge in [-0.3, -0.25) is 9.59 Å². The van der Waals surface area contributed by atoms with Gasteiger partial charge in [0.15, 0.2) is 0 Å². The summed E-state index contributed by atoms with van der Waals surface area (Å²) in [5.41, 5.74) is 3.45. The van der Waals surface area contributed by atoms with Gasteiger partial charge in [0.05, 0.1) is 12.0 Å². The first-order valence-corrected chi connectivity index (χ1v) is 8.35. The van der Waals surface area contributed by atoms with Gasteiger partial charge >= 0.3 is 5.97 Å². The van der Waals surface area contributed by atoms with Gasteiger partial charge < -0.3 is 14.4 Å². The van der Waals surface area contributed by atoms with Crippen molar-refractivity contribution in [2.45, 2.75) is 52.2 Å². The first-order valence-electron chi connectivity index (χ1n) is 8.35. The van der Waals surface area contributed by atoms with Crippen LogP contribution in [0, 0.1) is 12.8 Å². The summed E-state index contributed by atoms with van der Waals surface area (Å²) in [5, 5.41) is 8.86. The highest BCUT2D eigenvalue weighted by molar-refractivity contribution is 5.67. The molecule has 1 aliphatic heterocycles. The third-order valence-corrected chi connectivity index (χ3v) is 5.05. The van der Waals surface area contributed by atoms with Gasteiger partial charge in [-0.15, -0.1) is 0 Å². The molecule has 1 aromatic rings. The first kappa shape index (κ1) is 16.6. The number of fused-ring (bicyclic) bond motifs is 2. The lowest BCUT2D eigenvalue weighted by Gasteiger charge is -2.35. The molecule has 0 saturated heterocycles. The molecule has 1 N–H and O–H groups in total. The van der Waals surface area contributed by atoms with E-state index in [9.17, 15) is 9.59 Å². The number of allylic oxidation sites excluding steroid dienone is 1. The maximum absolute atomic E-state index is 12.7. The van der Waals surface area contributed by atoms with Crippen LogP contribution in [0.1, 0.15) is 43.9 Å². The number of hydrogen-bond donors (Lipinski definition) is 1. The minimum absolute atomic E-state index is 0.0154. The maximum Gasteiger partial charge on any atom is 0.305 e. The number of rotatable bonds is 4. The largest absolute Gasteiger partial charge is 0.485 e. The topological polar surface area (TPSA) is 68.5 Å². The van der Waals surface area contributed by atoms with E-state index in [0.29, 0.717) is 17.2 Å². The normalized spacial score (nSPS) is 22.0. The van der Waals surface area contributed by atoms with Crippen molar-refractivity contribution in [2.75, 3.05) is 0 Å².